The number of rotatable bonds is 4. The maximum atomic E-state index is 6.44. The van der Waals surface area contributed by atoms with Gasteiger partial charge in [0.2, 0.25) is 0 Å². The van der Waals surface area contributed by atoms with Gasteiger partial charge in [0.05, 0.1) is 11.9 Å². The van der Waals surface area contributed by atoms with Gasteiger partial charge in [0, 0.05) is 37.6 Å². The predicted molar refractivity (Wildman–Crippen MR) is 109 cm³/mol. The number of hydrogen-bond acceptors (Lipinski definition) is 5. The van der Waals surface area contributed by atoms with Gasteiger partial charge in [-0.15, -0.1) is 11.3 Å². The van der Waals surface area contributed by atoms with Crippen molar-refractivity contribution in [2.24, 2.45) is 0 Å². The summed E-state index contributed by atoms with van der Waals surface area (Å²) in [5.74, 6) is 0.834. The van der Waals surface area contributed by atoms with Gasteiger partial charge in [0.25, 0.3) is 0 Å². The summed E-state index contributed by atoms with van der Waals surface area (Å²) in [6.45, 7) is 10.2. The van der Waals surface area contributed by atoms with Crippen molar-refractivity contribution < 1.29 is 0 Å². The summed E-state index contributed by atoms with van der Waals surface area (Å²) in [4.78, 5) is 16.5. The van der Waals surface area contributed by atoms with Gasteiger partial charge in [-0.1, -0.05) is 41.9 Å². The lowest BCUT2D eigenvalue weighted by atomic mass is 10.2. The van der Waals surface area contributed by atoms with Crippen LogP contribution in [-0.2, 0) is 13.1 Å². The molecule has 0 aliphatic carbocycles. The van der Waals surface area contributed by atoms with Crippen LogP contribution in [0.3, 0.4) is 0 Å². The molecule has 0 unspecified atom stereocenters. The van der Waals surface area contributed by atoms with Gasteiger partial charge >= 0.3 is 0 Å². The van der Waals surface area contributed by atoms with Crippen LogP contribution >= 0.6 is 22.9 Å². The van der Waals surface area contributed by atoms with E-state index >= 15 is 0 Å². The number of nitrogens with zero attached hydrogens (tertiary/aromatic N) is 4. The van der Waals surface area contributed by atoms with Crippen LogP contribution in [-0.4, -0.2) is 45.9 Å². The van der Waals surface area contributed by atoms with E-state index in [4.69, 9.17) is 16.6 Å². The van der Waals surface area contributed by atoms with Gasteiger partial charge in [-0.2, -0.15) is 0 Å². The van der Waals surface area contributed by atoms with Crippen molar-refractivity contribution in [3.63, 3.8) is 0 Å². The normalized spacial score (nSPS) is 16.4. The van der Waals surface area contributed by atoms with Gasteiger partial charge in [0.1, 0.15) is 15.8 Å². The van der Waals surface area contributed by atoms with E-state index in [-0.39, 0.29) is 0 Å². The third kappa shape index (κ3) is 3.76. The largest absolute Gasteiger partial charge is 0.297 e. The molecule has 1 saturated heterocycles. The molecule has 0 amide bonds. The molecule has 0 radical (unpaired) electrons. The van der Waals surface area contributed by atoms with E-state index in [1.54, 1.807) is 11.3 Å². The molecule has 0 bridgehead atoms. The topological polar surface area (TPSA) is 32.3 Å². The third-order valence-corrected chi connectivity index (χ3v) is 6.48. The van der Waals surface area contributed by atoms with Crippen LogP contribution in [0.5, 0.6) is 0 Å². The summed E-state index contributed by atoms with van der Waals surface area (Å²) in [5.41, 5.74) is 2.58. The lowest BCUT2D eigenvalue weighted by Gasteiger charge is -2.34. The maximum absolute atomic E-state index is 6.44. The van der Waals surface area contributed by atoms with E-state index in [9.17, 15) is 0 Å². The second kappa shape index (κ2) is 7.61. The Morgan fingerprint density at radius 2 is 1.62 bits per heavy atom. The van der Waals surface area contributed by atoms with Crippen LogP contribution in [0.15, 0.2) is 30.3 Å². The maximum Gasteiger partial charge on any atom is 0.145 e. The first-order valence-corrected chi connectivity index (χ1v) is 10.2. The predicted octanol–water partition coefficient (Wildman–Crippen LogP) is 4.28. The van der Waals surface area contributed by atoms with Crippen molar-refractivity contribution in [3.05, 3.63) is 57.3 Å². The van der Waals surface area contributed by atoms with E-state index in [1.807, 2.05) is 0 Å². The standard InChI is InChI=1S/C20H23ClN4S/c1-14-15(2)26-20-18(14)19(21)22-17(23-20)13-25-10-8-24(9-11-25)12-16-6-4-3-5-7-16/h3-7H,8-13H2,1-2H3. The summed E-state index contributed by atoms with van der Waals surface area (Å²) in [7, 11) is 0. The molecule has 3 aromatic rings. The molecule has 1 aromatic carbocycles. The van der Waals surface area contributed by atoms with Gasteiger partial charge in [-0.25, -0.2) is 9.97 Å². The van der Waals surface area contributed by atoms with E-state index < -0.39 is 0 Å². The SMILES string of the molecule is Cc1sc2nc(CN3CCN(Cc4ccccc4)CC3)nc(Cl)c2c1C. The van der Waals surface area contributed by atoms with Crippen molar-refractivity contribution in [1.29, 1.82) is 0 Å². The second-order valence-corrected chi connectivity index (χ2v) is 8.49. The number of thiophene rings is 1. The Bertz CT molecular complexity index is 901. The molecule has 4 rings (SSSR count). The number of aryl methyl sites for hydroxylation is 2. The Morgan fingerprint density at radius 1 is 0.962 bits per heavy atom. The smallest absolute Gasteiger partial charge is 0.145 e. The van der Waals surface area contributed by atoms with Crippen LogP contribution < -0.4 is 0 Å². The number of fused-ring (bicyclic) bond motifs is 1. The summed E-state index contributed by atoms with van der Waals surface area (Å²) in [6.07, 6.45) is 0. The fourth-order valence-corrected chi connectivity index (χ4v) is 4.89. The summed E-state index contributed by atoms with van der Waals surface area (Å²) >= 11 is 8.15. The van der Waals surface area contributed by atoms with Crippen LogP contribution in [0.4, 0.5) is 0 Å². The van der Waals surface area contributed by atoms with E-state index in [1.165, 1.54) is 16.0 Å². The fraction of sp³-hybridized carbons (Fsp3) is 0.400. The highest BCUT2D eigenvalue weighted by molar-refractivity contribution is 7.18. The molecule has 2 aromatic heterocycles. The Kier molecular flexibility index (Phi) is 5.23. The number of benzene rings is 1. The number of hydrogen-bond donors (Lipinski definition) is 0. The Labute approximate surface area is 163 Å². The minimum absolute atomic E-state index is 0.592. The number of halogens is 1. The molecule has 1 aliphatic rings. The van der Waals surface area contributed by atoms with Gasteiger partial charge in [0.15, 0.2) is 0 Å². The molecule has 1 fully saturated rings. The second-order valence-electron chi connectivity index (χ2n) is 6.93. The zero-order valence-electron chi connectivity index (χ0n) is 15.2. The van der Waals surface area contributed by atoms with Crippen LogP contribution in [0, 0.1) is 13.8 Å². The molecule has 3 heterocycles. The summed E-state index contributed by atoms with van der Waals surface area (Å²) in [5, 5.41) is 1.61. The average molecular weight is 387 g/mol. The van der Waals surface area contributed by atoms with E-state index in [0.29, 0.717) is 5.15 Å². The zero-order valence-corrected chi connectivity index (χ0v) is 16.8. The van der Waals surface area contributed by atoms with Gasteiger partial charge in [-0.05, 0) is 25.0 Å². The molecule has 0 saturated carbocycles. The Morgan fingerprint density at radius 3 is 2.31 bits per heavy atom. The lowest BCUT2D eigenvalue weighted by molar-refractivity contribution is 0.120. The molecule has 4 nitrogen and oxygen atoms in total. The van der Waals surface area contributed by atoms with Crippen molar-refractivity contribution in [3.8, 4) is 0 Å². The van der Waals surface area contributed by atoms with Crippen LogP contribution in [0.25, 0.3) is 10.2 Å². The van der Waals surface area contributed by atoms with Crippen LogP contribution in [0.2, 0.25) is 5.15 Å². The highest BCUT2D eigenvalue weighted by Gasteiger charge is 2.19. The lowest BCUT2D eigenvalue weighted by Crippen LogP contribution is -2.45. The quantitative estimate of drug-likeness (QED) is 0.626. The molecule has 0 N–H and O–H groups in total. The summed E-state index contributed by atoms with van der Waals surface area (Å²) in [6, 6.07) is 10.7. The minimum atomic E-state index is 0.592. The molecule has 0 atom stereocenters. The first kappa shape index (κ1) is 17.9. The molecule has 0 spiro atoms. The number of piperazine rings is 1. The highest BCUT2D eigenvalue weighted by Crippen LogP contribution is 2.33. The van der Waals surface area contributed by atoms with E-state index in [0.717, 1.165) is 55.3 Å². The average Bonchev–Trinajstić information content (AvgIpc) is 2.92. The first-order valence-electron chi connectivity index (χ1n) is 9.01. The fourth-order valence-electron chi connectivity index (χ4n) is 3.46. The molecular weight excluding hydrogens is 364 g/mol. The zero-order chi connectivity index (χ0) is 18.1. The highest BCUT2D eigenvalue weighted by atomic mass is 35.5. The van der Waals surface area contributed by atoms with Gasteiger partial charge < -0.3 is 0 Å². The van der Waals surface area contributed by atoms with Crippen LogP contribution in [0.1, 0.15) is 21.8 Å². The third-order valence-electron chi connectivity index (χ3n) is 5.11. The minimum Gasteiger partial charge on any atom is -0.297 e. The number of aromatic nitrogens is 2. The first-order chi connectivity index (χ1) is 12.6. The monoisotopic (exact) mass is 386 g/mol. The molecule has 136 valence electrons. The molecule has 1 aliphatic heterocycles. The molecule has 6 heteroatoms. The Hall–Kier alpha value is -1.53. The molecule has 26 heavy (non-hydrogen) atoms. The van der Waals surface area contributed by atoms with E-state index in [2.05, 4.69) is 59.0 Å². The van der Waals surface area contributed by atoms with Crippen molar-refractivity contribution in [2.75, 3.05) is 26.2 Å². The van der Waals surface area contributed by atoms with Crippen molar-refractivity contribution >= 4 is 33.2 Å². The summed E-state index contributed by atoms with van der Waals surface area (Å²) < 4.78 is 0. The Balaban J connectivity index is 1.39. The van der Waals surface area contributed by atoms with Crippen molar-refractivity contribution in [1.82, 2.24) is 19.8 Å². The van der Waals surface area contributed by atoms with Gasteiger partial charge in [-0.3, -0.25) is 9.80 Å². The molecular formula is C20H23ClN4S. The van der Waals surface area contributed by atoms with Crippen molar-refractivity contribution in [2.45, 2.75) is 26.9 Å².